The molecule has 1 fully saturated rings. The topological polar surface area (TPSA) is 17.1 Å². The van der Waals surface area contributed by atoms with E-state index in [1.165, 1.54) is 0 Å². The molecular weight excluding hydrogens is 295 g/mol. The van der Waals surface area contributed by atoms with E-state index in [2.05, 4.69) is 12.2 Å². The van der Waals surface area contributed by atoms with Crippen molar-refractivity contribution in [1.29, 1.82) is 0 Å². The van der Waals surface area contributed by atoms with Gasteiger partial charge in [-0.25, -0.2) is 0 Å². The van der Waals surface area contributed by atoms with Gasteiger partial charge in [-0.15, -0.1) is 11.8 Å². The summed E-state index contributed by atoms with van der Waals surface area (Å²) < 4.78 is 14.2. The fourth-order valence-electron chi connectivity index (χ4n) is 3.38. The van der Waals surface area contributed by atoms with Gasteiger partial charge in [0.1, 0.15) is 0 Å². The van der Waals surface area contributed by atoms with E-state index in [1.807, 2.05) is 72.4 Å². The van der Waals surface area contributed by atoms with Gasteiger partial charge in [-0.2, -0.15) is 0 Å². The van der Waals surface area contributed by atoms with Gasteiger partial charge in [0.2, 0.25) is 0 Å². The maximum atomic E-state index is 14.2. The minimum atomic E-state index is -2.60. The maximum Gasteiger partial charge on any atom is 0.156 e. The first-order chi connectivity index (χ1) is 10.3. The summed E-state index contributed by atoms with van der Waals surface area (Å²) in [7, 11) is -2.60. The Bertz CT molecular complexity index is 667. The number of thioether (sulfide) groups is 1. The monoisotopic (exact) mass is 312 g/mol. The quantitative estimate of drug-likeness (QED) is 0.629. The molecule has 3 atom stereocenters. The van der Waals surface area contributed by atoms with E-state index in [4.69, 9.17) is 0 Å². The lowest BCUT2D eigenvalue weighted by atomic mass is 10.2. The van der Waals surface area contributed by atoms with Crippen molar-refractivity contribution in [2.45, 2.75) is 16.7 Å². The molecule has 1 aliphatic heterocycles. The van der Waals surface area contributed by atoms with Crippen molar-refractivity contribution in [2.24, 2.45) is 5.92 Å². The van der Waals surface area contributed by atoms with Gasteiger partial charge in [0, 0.05) is 15.9 Å². The van der Waals surface area contributed by atoms with Gasteiger partial charge in [-0.05, 0) is 12.3 Å². The first-order valence-electron chi connectivity index (χ1n) is 7.33. The third-order valence-corrected chi connectivity index (χ3v) is 10.2. The summed E-state index contributed by atoms with van der Waals surface area (Å²) in [4.78, 5) is 0.192. The first kappa shape index (κ1) is 13.4. The molecule has 0 saturated carbocycles. The van der Waals surface area contributed by atoms with E-state index < -0.39 is 7.14 Å². The molecule has 2 aromatic carbocycles. The first-order valence-corrected chi connectivity index (χ1v) is 10.0. The molecule has 0 aromatic heterocycles. The summed E-state index contributed by atoms with van der Waals surface area (Å²) in [6.45, 7) is 0. The van der Waals surface area contributed by atoms with Crippen LogP contribution in [0, 0.1) is 5.92 Å². The van der Waals surface area contributed by atoms with E-state index in [0.717, 1.165) is 17.0 Å². The lowest BCUT2D eigenvalue weighted by Gasteiger charge is -2.29. The molecule has 3 heteroatoms. The van der Waals surface area contributed by atoms with E-state index in [0.29, 0.717) is 11.2 Å². The lowest BCUT2D eigenvalue weighted by molar-refractivity contribution is 0.577. The molecule has 4 rings (SSSR count). The molecule has 106 valence electrons. The van der Waals surface area contributed by atoms with Gasteiger partial charge in [0.15, 0.2) is 7.14 Å². The van der Waals surface area contributed by atoms with Crippen LogP contribution in [-0.2, 0) is 4.57 Å². The second kappa shape index (κ2) is 5.19. The summed E-state index contributed by atoms with van der Waals surface area (Å²) in [5, 5.41) is 2.55. The highest BCUT2D eigenvalue weighted by Crippen LogP contribution is 2.63. The van der Waals surface area contributed by atoms with Crippen LogP contribution in [0.4, 0.5) is 0 Å². The Hall–Kier alpha value is -1.24. The molecule has 0 N–H and O–H groups in total. The van der Waals surface area contributed by atoms with Crippen LogP contribution in [0.5, 0.6) is 0 Å². The van der Waals surface area contributed by atoms with E-state index >= 15 is 0 Å². The van der Waals surface area contributed by atoms with Gasteiger partial charge in [-0.3, -0.25) is 0 Å². The Morgan fingerprint density at radius 3 is 1.86 bits per heavy atom. The number of hydrogen-bond donors (Lipinski definition) is 0. The minimum Gasteiger partial charge on any atom is -0.312 e. The molecule has 0 amide bonds. The number of rotatable bonds is 3. The highest BCUT2D eigenvalue weighted by Gasteiger charge is 2.48. The van der Waals surface area contributed by atoms with Crippen molar-refractivity contribution in [1.82, 2.24) is 0 Å². The predicted molar refractivity (Wildman–Crippen MR) is 92.2 cm³/mol. The molecule has 1 aliphatic carbocycles. The second-order valence-electron chi connectivity index (χ2n) is 5.68. The minimum absolute atomic E-state index is 0.192. The molecule has 21 heavy (non-hydrogen) atoms. The van der Waals surface area contributed by atoms with E-state index in [9.17, 15) is 4.57 Å². The summed E-state index contributed by atoms with van der Waals surface area (Å²) in [6.07, 6.45) is 5.72. The molecule has 0 radical (unpaired) electrons. The molecule has 2 aromatic rings. The summed E-state index contributed by atoms with van der Waals surface area (Å²) in [6, 6.07) is 20.1. The van der Waals surface area contributed by atoms with Gasteiger partial charge < -0.3 is 4.57 Å². The molecule has 0 unspecified atom stereocenters. The maximum absolute atomic E-state index is 14.2. The molecule has 2 aliphatic rings. The van der Waals surface area contributed by atoms with Crippen LogP contribution in [0.1, 0.15) is 6.42 Å². The van der Waals surface area contributed by atoms with Crippen molar-refractivity contribution < 1.29 is 4.57 Å². The smallest absolute Gasteiger partial charge is 0.156 e. The molecule has 2 bridgehead atoms. The van der Waals surface area contributed by atoms with Crippen molar-refractivity contribution >= 4 is 29.5 Å². The Morgan fingerprint density at radius 1 is 0.857 bits per heavy atom. The zero-order valence-electron chi connectivity index (χ0n) is 11.6. The molecular formula is C18H17OPS. The van der Waals surface area contributed by atoms with Crippen molar-refractivity contribution in [3.05, 3.63) is 72.8 Å². The number of allylic oxidation sites excluding steroid dienone is 1. The van der Waals surface area contributed by atoms with Crippen LogP contribution in [0.15, 0.2) is 72.8 Å². The fourth-order valence-corrected chi connectivity index (χ4v) is 9.42. The average Bonchev–Trinajstić information content (AvgIpc) is 3.19. The number of fused-ring (bicyclic) bond motifs is 2. The Morgan fingerprint density at radius 2 is 1.43 bits per heavy atom. The SMILES string of the molecule is O=P(c1ccccc1)(c1ccccc1)[C@H]1S[C@H]2C=C[C@@H]1C2. The lowest BCUT2D eigenvalue weighted by Crippen LogP contribution is -2.26. The third-order valence-electron chi connectivity index (χ3n) is 4.40. The molecule has 1 saturated heterocycles. The summed E-state index contributed by atoms with van der Waals surface area (Å²) >= 11 is 1.91. The van der Waals surface area contributed by atoms with Crippen LogP contribution >= 0.6 is 18.9 Å². The number of hydrogen-bond acceptors (Lipinski definition) is 2. The predicted octanol–water partition coefficient (Wildman–Crippen LogP) is 4.02. The standard InChI is InChI=1S/C18H17OPS/c19-20(15-7-3-1-4-8-15,16-9-5-2-6-10-16)18-14-11-12-17(13-14)21-18/h1-12,14,17-18H,13H2/t14-,17+,18+/m1/s1. The Balaban J connectivity index is 1.88. The highest BCUT2D eigenvalue weighted by molar-refractivity contribution is 8.09. The van der Waals surface area contributed by atoms with Gasteiger partial charge in [-0.1, -0.05) is 72.8 Å². The Labute approximate surface area is 129 Å². The normalized spacial score (nSPS) is 27.1. The van der Waals surface area contributed by atoms with Crippen molar-refractivity contribution in [3.8, 4) is 0 Å². The van der Waals surface area contributed by atoms with Gasteiger partial charge >= 0.3 is 0 Å². The van der Waals surface area contributed by atoms with E-state index in [-0.39, 0.29) is 4.99 Å². The van der Waals surface area contributed by atoms with E-state index in [1.54, 1.807) is 0 Å². The van der Waals surface area contributed by atoms with Crippen LogP contribution in [0.25, 0.3) is 0 Å². The summed E-state index contributed by atoms with van der Waals surface area (Å²) in [5.74, 6) is 0.450. The molecule has 1 nitrogen and oxygen atoms in total. The number of benzene rings is 2. The molecule has 0 spiro atoms. The van der Waals surface area contributed by atoms with Gasteiger partial charge in [0.05, 0.1) is 4.99 Å². The summed E-state index contributed by atoms with van der Waals surface area (Å²) in [5.41, 5.74) is 0. The van der Waals surface area contributed by atoms with Crippen molar-refractivity contribution in [3.63, 3.8) is 0 Å². The van der Waals surface area contributed by atoms with Crippen LogP contribution in [-0.4, -0.2) is 10.2 Å². The van der Waals surface area contributed by atoms with Crippen LogP contribution < -0.4 is 10.6 Å². The fraction of sp³-hybridized carbons (Fsp3) is 0.222. The van der Waals surface area contributed by atoms with Gasteiger partial charge in [0.25, 0.3) is 0 Å². The zero-order valence-corrected chi connectivity index (χ0v) is 13.3. The molecule has 1 heterocycles. The zero-order chi connectivity index (χ0) is 14.3. The Kier molecular flexibility index (Phi) is 3.32. The van der Waals surface area contributed by atoms with Crippen molar-refractivity contribution in [2.75, 3.05) is 0 Å². The third kappa shape index (κ3) is 2.13. The highest BCUT2D eigenvalue weighted by atomic mass is 32.2. The average molecular weight is 312 g/mol. The second-order valence-corrected chi connectivity index (χ2v) is 10.3. The largest absolute Gasteiger partial charge is 0.312 e. The van der Waals surface area contributed by atoms with Crippen LogP contribution in [0.3, 0.4) is 0 Å². The van der Waals surface area contributed by atoms with Crippen LogP contribution in [0.2, 0.25) is 0 Å².